The van der Waals surface area contributed by atoms with E-state index in [-0.39, 0.29) is 5.54 Å². The second-order valence-electron chi connectivity index (χ2n) is 4.95. The van der Waals surface area contributed by atoms with Crippen LogP contribution in [0, 0.1) is 11.3 Å². The predicted octanol–water partition coefficient (Wildman–Crippen LogP) is 4.06. The topological polar surface area (TPSA) is 48.7 Å². The zero-order valence-electron chi connectivity index (χ0n) is 11.8. The lowest BCUT2D eigenvalue weighted by Crippen LogP contribution is -2.37. The van der Waals surface area contributed by atoms with Crippen molar-refractivity contribution < 1.29 is 0 Å². The maximum absolute atomic E-state index is 9.07. The smallest absolute Gasteiger partial charge is 0.151 e. The van der Waals surface area contributed by atoms with E-state index in [1.807, 2.05) is 31.8 Å². The fourth-order valence-electron chi connectivity index (χ4n) is 1.89. The Hall–Kier alpha value is -1.09. The van der Waals surface area contributed by atoms with Gasteiger partial charge >= 0.3 is 0 Å². The van der Waals surface area contributed by atoms with Crippen LogP contribution in [0.25, 0.3) is 10.2 Å². The van der Waals surface area contributed by atoms with Crippen molar-refractivity contribution in [1.82, 2.24) is 10.3 Å². The summed E-state index contributed by atoms with van der Waals surface area (Å²) in [6.45, 7) is 1.95. The standard InChI is InChI=1S/C15H19N3S2/c1-15(11-16,17-2)9-5-6-10-19-14-18-12-7-3-4-8-13(12)20-14/h3-4,7-8,17H,5-6,9-10H2,1-2H3. The van der Waals surface area contributed by atoms with Crippen LogP contribution in [0.15, 0.2) is 28.6 Å². The average molecular weight is 305 g/mol. The number of nitriles is 1. The van der Waals surface area contributed by atoms with E-state index in [1.165, 1.54) is 4.70 Å². The number of thioether (sulfide) groups is 1. The summed E-state index contributed by atoms with van der Waals surface area (Å²) in [6.07, 6.45) is 3.06. The predicted molar refractivity (Wildman–Crippen MR) is 87.3 cm³/mol. The van der Waals surface area contributed by atoms with Gasteiger partial charge in [0.15, 0.2) is 4.34 Å². The molecule has 0 amide bonds. The van der Waals surface area contributed by atoms with E-state index in [4.69, 9.17) is 5.26 Å². The first kappa shape index (κ1) is 15.3. The number of para-hydroxylation sites is 1. The van der Waals surface area contributed by atoms with Crippen LogP contribution in [0.5, 0.6) is 0 Å². The number of rotatable bonds is 7. The molecule has 1 aromatic carbocycles. The number of hydrogen-bond donors (Lipinski definition) is 1. The van der Waals surface area contributed by atoms with E-state index in [0.29, 0.717) is 0 Å². The molecule has 3 nitrogen and oxygen atoms in total. The highest BCUT2D eigenvalue weighted by molar-refractivity contribution is 8.01. The molecule has 0 aliphatic carbocycles. The number of fused-ring (bicyclic) bond motifs is 1. The third-order valence-corrected chi connectivity index (χ3v) is 5.64. The van der Waals surface area contributed by atoms with Gasteiger partial charge in [-0.1, -0.05) is 23.9 Å². The fourth-order valence-corrected chi connectivity index (χ4v) is 4.03. The molecule has 1 unspecified atom stereocenters. The van der Waals surface area contributed by atoms with Crippen molar-refractivity contribution in [3.05, 3.63) is 24.3 Å². The highest BCUT2D eigenvalue weighted by Gasteiger charge is 2.19. The van der Waals surface area contributed by atoms with Crippen molar-refractivity contribution in [3.8, 4) is 6.07 Å². The van der Waals surface area contributed by atoms with Gasteiger partial charge in [0.1, 0.15) is 5.54 Å². The minimum atomic E-state index is -0.388. The SMILES string of the molecule is CNC(C)(C#N)CCCCSc1nc2ccccc2s1. The molecule has 0 bridgehead atoms. The molecule has 0 fully saturated rings. The molecule has 0 saturated carbocycles. The van der Waals surface area contributed by atoms with E-state index in [2.05, 4.69) is 34.6 Å². The van der Waals surface area contributed by atoms with Crippen LogP contribution in [0.3, 0.4) is 0 Å². The maximum atomic E-state index is 9.07. The van der Waals surface area contributed by atoms with Gasteiger partial charge in [0, 0.05) is 5.75 Å². The zero-order chi connectivity index (χ0) is 14.4. The monoisotopic (exact) mass is 305 g/mol. The van der Waals surface area contributed by atoms with Crippen molar-refractivity contribution in [2.45, 2.75) is 36.1 Å². The van der Waals surface area contributed by atoms with Crippen molar-refractivity contribution in [2.75, 3.05) is 12.8 Å². The zero-order valence-corrected chi connectivity index (χ0v) is 13.5. The lowest BCUT2D eigenvalue weighted by atomic mass is 9.97. The van der Waals surface area contributed by atoms with Crippen molar-refractivity contribution in [3.63, 3.8) is 0 Å². The molecule has 1 heterocycles. The first-order valence-electron chi connectivity index (χ1n) is 6.75. The molecule has 0 spiro atoms. The molecule has 1 N–H and O–H groups in total. The van der Waals surface area contributed by atoms with Gasteiger partial charge in [-0.15, -0.1) is 11.3 Å². The van der Waals surface area contributed by atoms with Gasteiger partial charge in [-0.05, 0) is 45.4 Å². The van der Waals surface area contributed by atoms with Crippen LogP contribution in [-0.4, -0.2) is 23.3 Å². The summed E-state index contributed by atoms with van der Waals surface area (Å²) in [5.41, 5.74) is 0.702. The lowest BCUT2D eigenvalue weighted by molar-refractivity contribution is 0.439. The number of nitrogens with one attached hydrogen (secondary N) is 1. The van der Waals surface area contributed by atoms with Gasteiger partial charge in [0.05, 0.1) is 16.3 Å². The minimum absolute atomic E-state index is 0.388. The Kier molecular flexibility index (Phi) is 5.41. The Balaban J connectivity index is 1.75. The molecule has 1 atom stereocenters. The van der Waals surface area contributed by atoms with Gasteiger partial charge in [0.2, 0.25) is 0 Å². The highest BCUT2D eigenvalue weighted by Crippen LogP contribution is 2.30. The van der Waals surface area contributed by atoms with Crippen molar-refractivity contribution in [1.29, 1.82) is 5.26 Å². The van der Waals surface area contributed by atoms with Crippen molar-refractivity contribution >= 4 is 33.3 Å². The van der Waals surface area contributed by atoms with Gasteiger partial charge < -0.3 is 5.32 Å². The third kappa shape index (κ3) is 3.95. The summed E-state index contributed by atoms with van der Waals surface area (Å²) in [5.74, 6) is 1.06. The number of unbranched alkanes of at least 4 members (excludes halogenated alkanes) is 1. The largest absolute Gasteiger partial charge is 0.303 e. The van der Waals surface area contributed by atoms with Crippen LogP contribution in [0.2, 0.25) is 0 Å². The normalized spacial score (nSPS) is 14.1. The fraction of sp³-hybridized carbons (Fsp3) is 0.467. The molecule has 0 aliphatic heterocycles. The molecule has 0 saturated heterocycles. The first-order chi connectivity index (χ1) is 9.67. The molecule has 0 aliphatic rings. The van der Waals surface area contributed by atoms with Crippen LogP contribution in [0.4, 0.5) is 0 Å². The average Bonchev–Trinajstić information content (AvgIpc) is 2.89. The lowest BCUT2D eigenvalue weighted by Gasteiger charge is -2.20. The van der Waals surface area contributed by atoms with E-state index < -0.39 is 0 Å². The summed E-state index contributed by atoms with van der Waals surface area (Å²) in [4.78, 5) is 4.61. The molecule has 106 valence electrons. The summed E-state index contributed by atoms with van der Waals surface area (Å²) in [6, 6.07) is 10.6. The van der Waals surface area contributed by atoms with E-state index in [9.17, 15) is 0 Å². The van der Waals surface area contributed by atoms with Crippen LogP contribution < -0.4 is 5.32 Å². The molecular formula is C15H19N3S2. The minimum Gasteiger partial charge on any atom is -0.303 e. The molecule has 20 heavy (non-hydrogen) atoms. The Morgan fingerprint density at radius 2 is 2.20 bits per heavy atom. The van der Waals surface area contributed by atoms with Crippen molar-refractivity contribution in [2.24, 2.45) is 0 Å². The van der Waals surface area contributed by atoms with Gasteiger partial charge in [-0.25, -0.2) is 4.98 Å². The Bertz CT molecular complexity index is 569. The van der Waals surface area contributed by atoms with Gasteiger partial charge in [0.25, 0.3) is 0 Å². The van der Waals surface area contributed by atoms with E-state index in [1.54, 1.807) is 11.3 Å². The Labute approximate surface area is 128 Å². The summed E-state index contributed by atoms with van der Waals surface area (Å²) in [5, 5.41) is 12.2. The molecule has 2 rings (SSSR count). The maximum Gasteiger partial charge on any atom is 0.151 e. The van der Waals surface area contributed by atoms with E-state index in [0.717, 1.165) is 34.9 Å². The number of benzene rings is 1. The Morgan fingerprint density at radius 3 is 2.90 bits per heavy atom. The molecule has 0 radical (unpaired) electrons. The van der Waals surface area contributed by atoms with Gasteiger partial charge in [-0.2, -0.15) is 5.26 Å². The summed E-state index contributed by atoms with van der Waals surface area (Å²) in [7, 11) is 1.85. The number of hydrogen-bond acceptors (Lipinski definition) is 5. The van der Waals surface area contributed by atoms with E-state index >= 15 is 0 Å². The number of nitrogens with zero attached hydrogens (tertiary/aromatic N) is 2. The summed E-state index contributed by atoms with van der Waals surface area (Å²) >= 11 is 3.57. The first-order valence-corrected chi connectivity index (χ1v) is 8.55. The summed E-state index contributed by atoms with van der Waals surface area (Å²) < 4.78 is 2.39. The van der Waals surface area contributed by atoms with Crippen LogP contribution >= 0.6 is 23.1 Å². The third-order valence-electron chi connectivity index (χ3n) is 3.37. The number of aromatic nitrogens is 1. The van der Waals surface area contributed by atoms with Crippen LogP contribution in [0.1, 0.15) is 26.2 Å². The second-order valence-corrected chi connectivity index (χ2v) is 7.32. The Morgan fingerprint density at radius 1 is 1.40 bits per heavy atom. The molecular weight excluding hydrogens is 286 g/mol. The molecule has 1 aromatic heterocycles. The van der Waals surface area contributed by atoms with Crippen LogP contribution in [-0.2, 0) is 0 Å². The molecule has 5 heteroatoms. The molecule has 2 aromatic rings. The highest BCUT2D eigenvalue weighted by atomic mass is 32.2. The number of thiazole rings is 1. The quantitative estimate of drug-likeness (QED) is 0.619. The van der Waals surface area contributed by atoms with Gasteiger partial charge in [-0.3, -0.25) is 0 Å². The second kappa shape index (κ2) is 7.07.